The zero-order chi connectivity index (χ0) is 24.5. The fraction of sp³-hybridized carbons (Fsp3) is 0.167. The summed E-state index contributed by atoms with van der Waals surface area (Å²) in [6.07, 6.45) is -0.0690. The summed E-state index contributed by atoms with van der Waals surface area (Å²) in [5.74, 6) is -1.78. The van der Waals surface area contributed by atoms with Gasteiger partial charge in [0.05, 0.1) is 17.0 Å². The largest absolute Gasteiger partial charge is 0.274 e. The molecule has 0 saturated carbocycles. The Morgan fingerprint density at radius 1 is 0.941 bits per heavy atom. The number of sulfonamides is 1. The summed E-state index contributed by atoms with van der Waals surface area (Å²) in [4.78, 5) is 26.9. The van der Waals surface area contributed by atoms with E-state index in [1.807, 2.05) is 0 Å². The van der Waals surface area contributed by atoms with Gasteiger partial charge in [0, 0.05) is 16.6 Å². The van der Waals surface area contributed by atoms with Crippen LogP contribution in [0.1, 0.15) is 12.0 Å². The topological polar surface area (TPSA) is 74.8 Å². The van der Waals surface area contributed by atoms with E-state index >= 15 is 0 Å². The van der Waals surface area contributed by atoms with Crippen molar-refractivity contribution in [1.29, 1.82) is 0 Å². The van der Waals surface area contributed by atoms with Gasteiger partial charge in [0.25, 0.3) is 5.91 Å². The lowest BCUT2D eigenvalue weighted by Gasteiger charge is -2.27. The predicted octanol–water partition coefficient (Wildman–Crippen LogP) is 4.70. The van der Waals surface area contributed by atoms with Gasteiger partial charge in [0.15, 0.2) is 0 Å². The number of hydrogen-bond donors (Lipinski definition) is 0. The van der Waals surface area contributed by atoms with Gasteiger partial charge in [-0.2, -0.15) is 4.31 Å². The lowest BCUT2D eigenvalue weighted by molar-refractivity contribution is -0.122. The van der Waals surface area contributed by atoms with Gasteiger partial charge >= 0.3 is 0 Å². The average molecular weight is 521 g/mol. The summed E-state index contributed by atoms with van der Waals surface area (Å²) < 4.78 is 41.6. The van der Waals surface area contributed by atoms with Crippen LogP contribution in [-0.4, -0.2) is 37.1 Å². The summed E-state index contributed by atoms with van der Waals surface area (Å²) >= 11 is 12.0. The molecule has 0 bridgehead atoms. The number of rotatable bonds is 7. The molecule has 1 saturated heterocycles. The molecule has 1 aliphatic heterocycles. The van der Waals surface area contributed by atoms with Gasteiger partial charge in [-0.05, 0) is 72.6 Å². The lowest BCUT2D eigenvalue weighted by Crippen LogP contribution is -2.46. The van der Waals surface area contributed by atoms with E-state index in [9.17, 15) is 22.4 Å². The van der Waals surface area contributed by atoms with E-state index in [0.29, 0.717) is 10.0 Å². The molecule has 3 aromatic rings. The monoisotopic (exact) mass is 520 g/mol. The van der Waals surface area contributed by atoms with E-state index in [2.05, 4.69) is 0 Å². The van der Waals surface area contributed by atoms with Crippen LogP contribution in [0.25, 0.3) is 0 Å². The average Bonchev–Trinajstić information content (AvgIpc) is 3.08. The fourth-order valence-electron chi connectivity index (χ4n) is 3.82. The van der Waals surface area contributed by atoms with Gasteiger partial charge in [0.2, 0.25) is 15.9 Å². The zero-order valence-electron chi connectivity index (χ0n) is 17.7. The maximum atomic E-state index is 13.6. The summed E-state index contributed by atoms with van der Waals surface area (Å²) in [6, 6.07) is 16.1. The number of carbonyl (C=O) groups excluding carboxylic acids is 2. The van der Waals surface area contributed by atoms with E-state index in [-0.39, 0.29) is 30.0 Å². The molecule has 0 spiro atoms. The van der Waals surface area contributed by atoms with Crippen LogP contribution in [0.15, 0.2) is 77.7 Å². The molecule has 0 aromatic heterocycles. The van der Waals surface area contributed by atoms with Gasteiger partial charge in [-0.3, -0.25) is 9.59 Å². The molecule has 10 heteroatoms. The Bertz CT molecular complexity index is 1330. The first-order valence-electron chi connectivity index (χ1n) is 10.3. The number of nitrogens with zero attached hydrogens (tertiary/aromatic N) is 2. The molecule has 1 fully saturated rings. The standard InChI is InChI=1S/C24H19Cl2FN2O4S/c25-17-4-10-21(11-5-17)34(32,33)28(13-12-16-2-1-3-18(26)14-16)22-15-23(30)29(24(22)31)20-8-6-19(27)7-9-20/h1-11,14,22H,12-13,15H2. The van der Waals surface area contributed by atoms with Gasteiger partial charge < -0.3 is 0 Å². The molecule has 3 aromatic carbocycles. The predicted molar refractivity (Wildman–Crippen MR) is 128 cm³/mol. The van der Waals surface area contributed by atoms with Crippen molar-refractivity contribution in [3.05, 3.63) is 94.2 Å². The second-order valence-corrected chi connectivity index (χ2v) is 10.5. The van der Waals surface area contributed by atoms with Gasteiger partial charge in [-0.25, -0.2) is 17.7 Å². The summed E-state index contributed by atoms with van der Waals surface area (Å²) in [5.41, 5.74) is 0.952. The van der Waals surface area contributed by atoms with Crippen LogP contribution in [0.2, 0.25) is 10.0 Å². The molecule has 34 heavy (non-hydrogen) atoms. The minimum absolute atomic E-state index is 0.0523. The lowest BCUT2D eigenvalue weighted by atomic mass is 10.1. The molecule has 2 amide bonds. The highest BCUT2D eigenvalue weighted by Gasteiger charge is 2.46. The van der Waals surface area contributed by atoms with E-state index < -0.39 is 33.7 Å². The molecule has 176 valence electrons. The normalized spacial score (nSPS) is 16.5. The highest BCUT2D eigenvalue weighted by molar-refractivity contribution is 7.89. The maximum Gasteiger partial charge on any atom is 0.252 e. The Morgan fingerprint density at radius 2 is 1.62 bits per heavy atom. The molecule has 0 aliphatic carbocycles. The Balaban J connectivity index is 1.69. The van der Waals surface area contributed by atoms with Crippen molar-refractivity contribution in [1.82, 2.24) is 4.31 Å². The van der Waals surface area contributed by atoms with Crippen LogP contribution < -0.4 is 4.90 Å². The van der Waals surface area contributed by atoms with Crippen LogP contribution in [0, 0.1) is 5.82 Å². The summed E-state index contributed by atoms with van der Waals surface area (Å²) in [5, 5.41) is 0.859. The fourth-order valence-corrected chi connectivity index (χ4v) is 5.74. The van der Waals surface area contributed by atoms with E-state index in [1.165, 1.54) is 36.4 Å². The van der Waals surface area contributed by atoms with Crippen molar-refractivity contribution < 1.29 is 22.4 Å². The van der Waals surface area contributed by atoms with Crippen LogP contribution >= 0.6 is 23.2 Å². The molecule has 6 nitrogen and oxygen atoms in total. The number of imide groups is 1. The summed E-state index contributed by atoms with van der Waals surface area (Å²) in [6.45, 7) is -0.0632. The van der Waals surface area contributed by atoms with E-state index in [0.717, 1.165) is 26.9 Å². The van der Waals surface area contributed by atoms with Crippen molar-refractivity contribution >= 4 is 50.7 Å². The number of anilines is 1. The maximum absolute atomic E-state index is 13.6. The van der Waals surface area contributed by atoms with Crippen molar-refractivity contribution in [2.24, 2.45) is 0 Å². The Morgan fingerprint density at radius 3 is 2.26 bits per heavy atom. The first kappa shape index (κ1) is 24.3. The van der Waals surface area contributed by atoms with Crippen LogP contribution in [0.5, 0.6) is 0 Å². The van der Waals surface area contributed by atoms with E-state index in [4.69, 9.17) is 23.2 Å². The molecule has 1 heterocycles. The van der Waals surface area contributed by atoms with Crippen molar-refractivity contribution in [2.45, 2.75) is 23.8 Å². The molecule has 0 radical (unpaired) electrons. The third-order valence-corrected chi connectivity index (χ3v) is 7.89. The highest BCUT2D eigenvalue weighted by atomic mass is 35.5. The number of benzene rings is 3. The second kappa shape index (κ2) is 9.84. The van der Waals surface area contributed by atoms with Crippen LogP contribution in [0.4, 0.5) is 10.1 Å². The third kappa shape index (κ3) is 5.00. The first-order chi connectivity index (χ1) is 16.2. The molecular weight excluding hydrogens is 502 g/mol. The van der Waals surface area contributed by atoms with Gasteiger partial charge in [-0.15, -0.1) is 0 Å². The molecule has 1 atom stereocenters. The zero-order valence-corrected chi connectivity index (χ0v) is 20.0. The van der Waals surface area contributed by atoms with Crippen molar-refractivity contribution in [3.63, 3.8) is 0 Å². The summed E-state index contributed by atoms with van der Waals surface area (Å²) in [7, 11) is -4.17. The van der Waals surface area contributed by atoms with Crippen molar-refractivity contribution in [3.8, 4) is 0 Å². The minimum atomic E-state index is -4.17. The SMILES string of the molecule is O=C1CC(N(CCc2cccc(Cl)c2)S(=O)(=O)c2ccc(Cl)cc2)C(=O)N1c1ccc(F)cc1. The number of carbonyl (C=O) groups is 2. The first-order valence-corrected chi connectivity index (χ1v) is 12.5. The number of amides is 2. The molecule has 1 unspecified atom stereocenters. The Hall–Kier alpha value is -2.78. The molecular formula is C24H19Cl2FN2O4S. The second-order valence-electron chi connectivity index (χ2n) is 7.71. The molecule has 4 rings (SSSR count). The van der Waals surface area contributed by atoms with E-state index in [1.54, 1.807) is 24.3 Å². The highest BCUT2D eigenvalue weighted by Crippen LogP contribution is 2.30. The Kier molecular flexibility index (Phi) is 7.04. The van der Waals surface area contributed by atoms with Crippen LogP contribution in [0.3, 0.4) is 0 Å². The number of hydrogen-bond acceptors (Lipinski definition) is 4. The molecule has 0 N–H and O–H groups in total. The quantitative estimate of drug-likeness (QED) is 0.423. The minimum Gasteiger partial charge on any atom is -0.274 e. The van der Waals surface area contributed by atoms with Crippen molar-refractivity contribution in [2.75, 3.05) is 11.4 Å². The smallest absolute Gasteiger partial charge is 0.252 e. The third-order valence-electron chi connectivity index (χ3n) is 5.49. The van der Waals surface area contributed by atoms with Crippen LogP contribution in [-0.2, 0) is 26.0 Å². The van der Waals surface area contributed by atoms with Gasteiger partial charge in [0.1, 0.15) is 11.9 Å². The van der Waals surface area contributed by atoms with Gasteiger partial charge in [-0.1, -0.05) is 35.3 Å². The number of halogens is 3. The molecule has 1 aliphatic rings. The Labute approximate surface area is 206 Å².